The average Bonchev–Trinajstić information content (AvgIpc) is 2.84. The first kappa shape index (κ1) is 12.0. The zero-order valence-corrected chi connectivity index (χ0v) is 11.3. The average molecular weight is 272 g/mol. The van der Waals surface area contributed by atoms with Gasteiger partial charge in [-0.15, -0.1) is 0 Å². The van der Waals surface area contributed by atoms with Crippen LogP contribution in [-0.4, -0.2) is 15.8 Å². The first-order valence-corrected chi connectivity index (χ1v) is 6.86. The quantitative estimate of drug-likeness (QED) is 0.637. The van der Waals surface area contributed by atoms with Crippen LogP contribution in [0.4, 0.5) is 0 Å². The lowest BCUT2D eigenvalue weighted by atomic mass is 10.1. The molecule has 3 heteroatoms. The fourth-order valence-corrected chi connectivity index (χ4v) is 2.69. The second kappa shape index (κ2) is 4.63. The Balaban J connectivity index is 1.76. The molecule has 0 saturated heterocycles. The van der Waals surface area contributed by atoms with Crippen LogP contribution in [0.1, 0.15) is 21.6 Å². The Bertz CT molecular complexity index is 896. The van der Waals surface area contributed by atoms with E-state index in [0.717, 1.165) is 33.4 Å². The number of benzene rings is 2. The number of Topliss-reactive ketones (excluding diaryl/α,β-unsaturated/α-hetero) is 1. The van der Waals surface area contributed by atoms with E-state index in [1.165, 1.54) is 0 Å². The summed E-state index contributed by atoms with van der Waals surface area (Å²) in [5.41, 5.74) is 5.10. The number of carbonyl (C=O) groups is 1. The fraction of sp³-hybridized carbons (Fsp3) is 0.0556. The Morgan fingerprint density at radius 1 is 0.952 bits per heavy atom. The van der Waals surface area contributed by atoms with Gasteiger partial charge in [-0.2, -0.15) is 0 Å². The molecule has 21 heavy (non-hydrogen) atoms. The minimum atomic E-state index is 0.0977. The number of nitrogens with zero attached hydrogens (tertiary/aromatic N) is 2. The predicted molar refractivity (Wildman–Crippen MR) is 82.0 cm³/mol. The first-order valence-electron chi connectivity index (χ1n) is 6.86. The molecule has 100 valence electrons. The maximum absolute atomic E-state index is 12.3. The molecule has 0 amide bonds. The molecule has 0 fully saturated rings. The van der Waals surface area contributed by atoms with Crippen LogP contribution in [0.2, 0.25) is 0 Å². The van der Waals surface area contributed by atoms with Gasteiger partial charge >= 0.3 is 0 Å². The summed E-state index contributed by atoms with van der Waals surface area (Å²) in [6, 6.07) is 15.5. The molecular formula is C18H12N2O. The van der Waals surface area contributed by atoms with Crippen LogP contribution in [0.3, 0.4) is 0 Å². The van der Waals surface area contributed by atoms with Crippen molar-refractivity contribution in [3.63, 3.8) is 0 Å². The van der Waals surface area contributed by atoms with Crippen molar-refractivity contribution in [3.05, 3.63) is 77.1 Å². The minimum Gasteiger partial charge on any atom is -0.289 e. The molecule has 0 atom stereocenters. The number of allylic oxidation sites excluding steroid dienone is 1. The van der Waals surface area contributed by atoms with E-state index < -0.39 is 0 Å². The van der Waals surface area contributed by atoms with Crippen molar-refractivity contribution in [3.8, 4) is 0 Å². The van der Waals surface area contributed by atoms with Crippen molar-refractivity contribution in [2.24, 2.45) is 0 Å². The molecule has 4 rings (SSSR count). The van der Waals surface area contributed by atoms with Gasteiger partial charge in [-0.3, -0.25) is 9.78 Å². The Labute approximate surface area is 122 Å². The van der Waals surface area contributed by atoms with Crippen LogP contribution in [0, 0.1) is 0 Å². The van der Waals surface area contributed by atoms with E-state index >= 15 is 0 Å². The van der Waals surface area contributed by atoms with Crippen molar-refractivity contribution < 1.29 is 4.79 Å². The molecule has 0 unspecified atom stereocenters. The van der Waals surface area contributed by atoms with Gasteiger partial charge in [0.25, 0.3) is 0 Å². The molecule has 3 nitrogen and oxygen atoms in total. The molecule has 0 bridgehead atoms. The summed E-state index contributed by atoms with van der Waals surface area (Å²) in [4.78, 5) is 21.3. The number of para-hydroxylation sites is 2. The van der Waals surface area contributed by atoms with E-state index in [4.69, 9.17) is 0 Å². The van der Waals surface area contributed by atoms with Gasteiger partial charge in [0.2, 0.25) is 0 Å². The number of ketones is 1. The van der Waals surface area contributed by atoms with E-state index in [1.807, 2.05) is 54.6 Å². The van der Waals surface area contributed by atoms with Crippen LogP contribution in [0.5, 0.6) is 0 Å². The molecule has 0 aliphatic heterocycles. The van der Waals surface area contributed by atoms with E-state index in [9.17, 15) is 4.79 Å². The van der Waals surface area contributed by atoms with Crippen molar-refractivity contribution in [1.82, 2.24) is 9.97 Å². The largest absolute Gasteiger partial charge is 0.289 e. The maximum Gasteiger partial charge on any atom is 0.189 e. The number of hydrogen-bond donors (Lipinski definition) is 0. The van der Waals surface area contributed by atoms with Gasteiger partial charge in [0.15, 0.2) is 5.78 Å². The smallest absolute Gasteiger partial charge is 0.189 e. The molecule has 1 aromatic heterocycles. The van der Waals surface area contributed by atoms with Gasteiger partial charge in [-0.25, -0.2) is 4.98 Å². The van der Waals surface area contributed by atoms with Crippen LogP contribution in [-0.2, 0) is 6.42 Å². The Morgan fingerprint density at radius 2 is 1.71 bits per heavy atom. The summed E-state index contributed by atoms with van der Waals surface area (Å²) in [5, 5.41) is 0. The zero-order valence-electron chi connectivity index (χ0n) is 11.3. The Hall–Kier alpha value is -2.81. The summed E-state index contributed by atoms with van der Waals surface area (Å²) in [7, 11) is 0. The van der Waals surface area contributed by atoms with Gasteiger partial charge in [-0.05, 0) is 23.8 Å². The van der Waals surface area contributed by atoms with Gasteiger partial charge in [0, 0.05) is 17.6 Å². The van der Waals surface area contributed by atoms with Crippen LogP contribution >= 0.6 is 0 Å². The number of carbonyl (C=O) groups excluding carboxylic acids is 1. The highest BCUT2D eigenvalue weighted by atomic mass is 16.1. The van der Waals surface area contributed by atoms with Gasteiger partial charge in [-0.1, -0.05) is 36.4 Å². The van der Waals surface area contributed by atoms with Crippen molar-refractivity contribution in [2.75, 3.05) is 0 Å². The molecule has 1 aliphatic rings. The van der Waals surface area contributed by atoms with Crippen molar-refractivity contribution in [2.45, 2.75) is 6.42 Å². The van der Waals surface area contributed by atoms with Crippen molar-refractivity contribution in [1.29, 1.82) is 0 Å². The summed E-state index contributed by atoms with van der Waals surface area (Å²) in [5.74, 6) is 0.0977. The molecule has 0 saturated carbocycles. The number of hydrogen-bond acceptors (Lipinski definition) is 3. The SMILES string of the molecule is O=C1/C(=C/c2cnc3ccccc3n2)Cc2ccccc21. The van der Waals surface area contributed by atoms with Crippen molar-refractivity contribution >= 4 is 22.9 Å². The molecule has 0 spiro atoms. The fourth-order valence-electron chi connectivity index (χ4n) is 2.69. The number of rotatable bonds is 1. The Morgan fingerprint density at radius 3 is 2.57 bits per heavy atom. The highest BCUT2D eigenvalue weighted by Crippen LogP contribution is 2.27. The molecule has 2 aromatic carbocycles. The zero-order chi connectivity index (χ0) is 14.2. The van der Waals surface area contributed by atoms with Crippen LogP contribution in [0.25, 0.3) is 17.1 Å². The third-order valence-corrected chi connectivity index (χ3v) is 3.72. The molecule has 1 heterocycles. The van der Waals surface area contributed by atoms with Gasteiger partial charge < -0.3 is 0 Å². The third-order valence-electron chi connectivity index (χ3n) is 3.72. The van der Waals surface area contributed by atoms with E-state index in [0.29, 0.717) is 6.42 Å². The molecule has 0 N–H and O–H groups in total. The third kappa shape index (κ3) is 2.03. The minimum absolute atomic E-state index is 0.0977. The van der Waals surface area contributed by atoms with E-state index in [-0.39, 0.29) is 5.78 Å². The highest BCUT2D eigenvalue weighted by molar-refractivity contribution is 6.15. The molecule has 0 radical (unpaired) electrons. The lowest BCUT2D eigenvalue weighted by Crippen LogP contribution is -1.96. The summed E-state index contributed by atoms with van der Waals surface area (Å²) in [6.45, 7) is 0. The molecular weight excluding hydrogens is 260 g/mol. The summed E-state index contributed by atoms with van der Waals surface area (Å²) < 4.78 is 0. The van der Waals surface area contributed by atoms with Gasteiger partial charge in [0.05, 0.1) is 22.9 Å². The normalized spacial score (nSPS) is 15.6. The molecule has 3 aromatic rings. The predicted octanol–water partition coefficient (Wildman–Crippen LogP) is 3.45. The lowest BCUT2D eigenvalue weighted by molar-refractivity contribution is 0.104. The van der Waals surface area contributed by atoms with E-state index in [2.05, 4.69) is 9.97 Å². The van der Waals surface area contributed by atoms with Crippen LogP contribution in [0.15, 0.2) is 60.3 Å². The monoisotopic (exact) mass is 272 g/mol. The summed E-state index contributed by atoms with van der Waals surface area (Å²) >= 11 is 0. The van der Waals surface area contributed by atoms with E-state index in [1.54, 1.807) is 6.20 Å². The maximum atomic E-state index is 12.3. The standard InChI is InChI=1S/C18H12N2O/c21-18-13(9-12-5-1-2-6-15(12)18)10-14-11-19-16-7-3-4-8-17(16)20-14/h1-8,10-11H,9H2/b13-10+. The second-order valence-electron chi connectivity index (χ2n) is 5.12. The first-order chi connectivity index (χ1) is 10.3. The molecule has 1 aliphatic carbocycles. The lowest BCUT2D eigenvalue weighted by Gasteiger charge is -1.99. The number of fused-ring (bicyclic) bond motifs is 2. The highest BCUT2D eigenvalue weighted by Gasteiger charge is 2.24. The second-order valence-corrected chi connectivity index (χ2v) is 5.12. The Kier molecular flexibility index (Phi) is 2.64. The topological polar surface area (TPSA) is 42.9 Å². The number of aromatic nitrogens is 2. The van der Waals surface area contributed by atoms with Gasteiger partial charge in [0.1, 0.15) is 0 Å². The van der Waals surface area contributed by atoms with Crippen LogP contribution < -0.4 is 0 Å². The summed E-state index contributed by atoms with van der Waals surface area (Å²) in [6.07, 6.45) is 4.23.